The Hall–Kier alpha value is -1.95. The molecule has 1 heterocycles. The molecule has 1 aromatic carbocycles. The SMILES string of the molecule is O=C(CSc1nc(C(F)(F)F)cc(=O)[nH]1)Nc1c(F)cc(F)cc1Br. The zero-order valence-corrected chi connectivity index (χ0v) is 14.3. The first-order valence-electron chi connectivity index (χ1n) is 6.32. The van der Waals surface area contributed by atoms with Gasteiger partial charge in [0.15, 0.2) is 16.7 Å². The third-order valence-electron chi connectivity index (χ3n) is 2.62. The van der Waals surface area contributed by atoms with Crippen molar-refractivity contribution in [3.63, 3.8) is 0 Å². The molecule has 0 radical (unpaired) electrons. The lowest BCUT2D eigenvalue weighted by Gasteiger charge is -2.09. The Morgan fingerprint density at radius 2 is 1.96 bits per heavy atom. The molecule has 0 aliphatic rings. The van der Waals surface area contributed by atoms with Crippen LogP contribution in [-0.4, -0.2) is 21.6 Å². The zero-order chi connectivity index (χ0) is 18.8. The molecule has 134 valence electrons. The number of alkyl halides is 3. The summed E-state index contributed by atoms with van der Waals surface area (Å²) in [5.41, 5.74) is -2.75. The molecule has 0 unspecified atom stereocenters. The molecule has 0 aliphatic heterocycles. The number of benzene rings is 1. The molecule has 2 aromatic rings. The second kappa shape index (κ2) is 7.52. The highest BCUT2D eigenvalue weighted by atomic mass is 79.9. The number of hydrogen-bond acceptors (Lipinski definition) is 4. The van der Waals surface area contributed by atoms with Crippen molar-refractivity contribution in [2.24, 2.45) is 0 Å². The van der Waals surface area contributed by atoms with Gasteiger partial charge in [-0.2, -0.15) is 13.2 Å². The minimum atomic E-state index is -4.81. The average molecular weight is 444 g/mol. The molecule has 0 aliphatic carbocycles. The van der Waals surface area contributed by atoms with Gasteiger partial charge >= 0.3 is 6.18 Å². The summed E-state index contributed by atoms with van der Waals surface area (Å²) in [5, 5.41) is 1.72. The van der Waals surface area contributed by atoms with Crippen LogP contribution in [0.15, 0.2) is 32.6 Å². The normalized spacial score (nSPS) is 11.4. The second-order valence-corrected chi connectivity index (χ2v) is 6.33. The molecule has 12 heteroatoms. The Kier molecular flexibility index (Phi) is 5.83. The number of aromatic nitrogens is 2. The molecule has 2 N–H and O–H groups in total. The van der Waals surface area contributed by atoms with E-state index in [1.807, 2.05) is 0 Å². The Balaban J connectivity index is 2.09. The van der Waals surface area contributed by atoms with Gasteiger partial charge in [-0.1, -0.05) is 11.8 Å². The van der Waals surface area contributed by atoms with E-state index in [2.05, 4.69) is 31.2 Å². The van der Waals surface area contributed by atoms with Gasteiger partial charge in [-0.15, -0.1) is 0 Å². The van der Waals surface area contributed by atoms with E-state index in [0.717, 1.165) is 6.07 Å². The van der Waals surface area contributed by atoms with Gasteiger partial charge in [0.05, 0.1) is 11.4 Å². The van der Waals surface area contributed by atoms with Crippen LogP contribution in [0.2, 0.25) is 0 Å². The first-order chi connectivity index (χ1) is 11.6. The molecule has 5 nitrogen and oxygen atoms in total. The van der Waals surface area contributed by atoms with Crippen molar-refractivity contribution in [2.45, 2.75) is 11.3 Å². The third kappa shape index (κ3) is 5.26. The van der Waals surface area contributed by atoms with E-state index in [0.29, 0.717) is 17.8 Å². The number of carbonyl (C=O) groups is 1. The Morgan fingerprint density at radius 3 is 2.56 bits per heavy atom. The average Bonchev–Trinajstić information content (AvgIpc) is 2.47. The predicted molar refractivity (Wildman–Crippen MR) is 83.3 cm³/mol. The standard InChI is InChI=1S/C13H7BrF5N3O2S/c14-6-1-5(15)2-7(16)11(6)21-10(24)4-25-12-20-8(13(17,18)19)3-9(23)22-12/h1-3H,4H2,(H,21,24)(H,20,22,23). The van der Waals surface area contributed by atoms with Gasteiger partial charge in [-0.05, 0) is 22.0 Å². The smallest absolute Gasteiger partial charge is 0.322 e. The van der Waals surface area contributed by atoms with E-state index in [1.165, 1.54) is 0 Å². The van der Waals surface area contributed by atoms with Gasteiger partial charge in [0.2, 0.25) is 5.91 Å². The van der Waals surface area contributed by atoms with Crippen LogP contribution in [0, 0.1) is 11.6 Å². The lowest BCUT2D eigenvalue weighted by Crippen LogP contribution is -2.19. The first kappa shape index (κ1) is 19.4. The van der Waals surface area contributed by atoms with Crippen LogP contribution in [0.4, 0.5) is 27.6 Å². The van der Waals surface area contributed by atoms with Crippen LogP contribution in [0.1, 0.15) is 5.69 Å². The van der Waals surface area contributed by atoms with Crippen LogP contribution in [0.3, 0.4) is 0 Å². The first-order valence-corrected chi connectivity index (χ1v) is 8.10. The second-order valence-electron chi connectivity index (χ2n) is 4.51. The molecule has 0 fully saturated rings. The highest BCUT2D eigenvalue weighted by Gasteiger charge is 2.33. The van der Waals surface area contributed by atoms with Crippen molar-refractivity contribution in [2.75, 3.05) is 11.1 Å². The molecule has 0 spiro atoms. The summed E-state index contributed by atoms with van der Waals surface area (Å²) < 4.78 is 64.2. The van der Waals surface area contributed by atoms with Gasteiger partial charge < -0.3 is 10.3 Å². The summed E-state index contributed by atoms with van der Waals surface area (Å²) in [4.78, 5) is 28.3. The van der Waals surface area contributed by atoms with Crippen LogP contribution in [-0.2, 0) is 11.0 Å². The maximum atomic E-state index is 13.6. The van der Waals surface area contributed by atoms with Crippen LogP contribution in [0.25, 0.3) is 0 Å². The lowest BCUT2D eigenvalue weighted by molar-refractivity contribution is -0.141. The number of carbonyl (C=O) groups excluding carboxylic acids is 1. The number of hydrogen-bond donors (Lipinski definition) is 2. The van der Waals surface area contributed by atoms with E-state index in [1.54, 1.807) is 0 Å². The highest BCUT2D eigenvalue weighted by molar-refractivity contribution is 9.10. The fourth-order valence-electron chi connectivity index (χ4n) is 1.62. The maximum Gasteiger partial charge on any atom is 0.433 e. The van der Waals surface area contributed by atoms with Gasteiger partial charge in [0.25, 0.3) is 5.56 Å². The number of anilines is 1. The van der Waals surface area contributed by atoms with E-state index < -0.39 is 45.9 Å². The molecule has 1 aromatic heterocycles. The Labute approximate surface area is 149 Å². The summed E-state index contributed by atoms with van der Waals surface area (Å²) in [6.07, 6.45) is -4.81. The zero-order valence-electron chi connectivity index (χ0n) is 11.9. The van der Waals surface area contributed by atoms with Crippen molar-refractivity contribution in [1.82, 2.24) is 9.97 Å². The van der Waals surface area contributed by atoms with Gasteiger partial charge in [0, 0.05) is 16.6 Å². The molecular weight excluding hydrogens is 437 g/mol. The number of rotatable bonds is 4. The topological polar surface area (TPSA) is 74.8 Å². The molecule has 1 amide bonds. The number of H-pyrrole nitrogens is 1. The fourth-order valence-corrected chi connectivity index (χ4v) is 2.80. The van der Waals surface area contributed by atoms with Crippen molar-refractivity contribution in [1.29, 1.82) is 0 Å². The maximum absolute atomic E-state index is 13.6. The predicted octanol–water partition coefficient (Wildman–Crippen LogP) is 3.56. The number of halogens is 6. The monoisotopic (exact) mass is 443 g/mol. The summed E-state index contributed by atoms with van der Waals surface area (Å²) in [6.45, 7) is 0. The number of nitrogens with one attached hydrogen (secondary N) is 2. The Morgan fingerprint density at radius 1 is 1.28 bits per heavy atom. The Bertz CT molecular complexity index is 848. The van der Waals surface area contributed by atoms with E-state index in [-0.39, 0.29) is 16.2 Å². The van der Waals surface area contributed by atoms with Crippen molar-refractivity contribution < 1.29 is 26.7 Å². The van der Waals surface area contributed by atoms with E-state index in [9.17, 15) is 31.5 Å². The molecule has 25 heavy (non-hydrogen) atoms. The van der Waals surface area contributed by atoms with Crippen molar-refractivity contribution >= 4 is 39.3 Å². The van der Waals surface area contributed by atoms with E-state index in [4.69, 9.17) is 0 Å². The molecular formula is C13H7BrF5N3O2S. The van der Waals surface area contributed by atoms with Crippen LogP contribution in [0.5, 0.6) is 0 Å². The summed E-state index contributed by atoms with van der Waals surface area (Å²) in [5.74, 6) is -3.15. The third-order valence-corrected chi connectivity index (χ3v) is 4.12. The van der Waals surface area contributed by atoms with Crippen LogP contribution >= 0.6 is 27.7 Å². The molecule has 0 bridgehead atoms. The van der Waals surface area contributed by atoms with Gasteiger partial charge in [-0.25, -0.2) is 13.8 Å². The molecule has 2 rings (SSSR count). The molecule has 0 saturated heterocycles. The lowest BCUT2D eigenvalue weighted by atomic mass is 10.3. The largest absolute Gasteiger partial charge is 0.433 e. The number of nitrogens with zero attached hydrogens (tertiary/aromatic N) is 1. The minimum Gasteiger partial charge on any atom is -0.322 e. The van der Waals surface area contributed by atoms with Crippen LogP contribution < -0.4 is 10.9 Å². The van der Waals surface area contributed by atoms with E-state index >= 15 is 0 Å². The summed E-state index contributed by atoms with van der Waals surface area (Å²) in [6, 6.07) is 1.77. The van der Waals surface area contributed by atoms with Gasteiger partial charge in [0.1, 0.15) is 5.82 Å². The van der Waals surface area contributed by atoms with Crippen molar-refractivity contribution in [3.8, 4) is 0 Å². The minimum absolute atomic E-state index is 0.0473. The molecule has 0 saturated carbocycles. The number of aromatic amines is 1. The highest BCUT2D eigenvalue weighted by Crippen LogP contribution is 2.28. The quantitative estimate of drug-likeness (QED) is 0.430. The summed E-state index contributed by atoms with van der Waals surface area (Å²) >= 11 is 3.39. The van der Waals surface area contributed by atoms with Crippen molar-refractivity contribution in [3.05, 3.63) is 50.4 Å². The number of amides is 1. The van der Waals surface area contributed by atoms with Gasteiger partial charge in [-0.3, -0.25) is 9.59 Å². The molecule has 0 atom stereocenters. The number of thioether (sulfide) groups is 1. The summed E-state index contributed by atoms with van der Waals surface area (Å²) in [7, 11) is 0. The fraction of sp³-hybridized carbons (Fsp3) is 0.154.